The Balaban J connectivity index is 1.51. The van der Waals surface area contributed by atoms with Crippen LogP contribution < -0.4 is 4.90 Å². The van der Waals surface area contributed by atoms with E-state index < -0.39 is 6.04 Å². The van der Waals surface area contributed by atoms with E-state index in [0.717, 1.165) is 0 Å². The van der Waals surface area contributed by atoms with E-state index in [-0.39, 0.29) is 41.0 Å². The van der Waals surface area contributed by atoms with Gasteiger partial charge in [0.2, 0.25) is 5.91 Å². The van der Waals surface area contributed by atoms with Crippen molar-refractivity contribution >= 4 is 34.3 Å². The smallest absolute Gasteiger partial charge is 0.332 e. The van der Waals surface area contributed by atoms with Gasteiger partial charge in [0.1, 0.15) is 17.8 Å². The number of aromatic nitrogens is 1. The summed E-state index contributed by atoms with van der Waals surface area (Å²) in [6.45, 7) is 6.51. The fraction of sp³-hybridized carbons (Fsp3) is 0.435. The summed E-state index contributed by atoms with van der Waals surface area (Å²) >= 11 is 0. The lowest BCUT2D eigenvalue weighted by Crippen LogP contribution is -2.55. The number of piperazine rings is 1. The van der Waals surface area contributed by atoms with Gasteiger partial charge in [-0.25, -0.2) is 14.7 Å². The van der Waals surface area contributed by atoms with Crippen molar-refractivity contribution in [1.29, 1.82) is 5.26 Å². The molecule has 1 aromatic heterocycles. The molecule has 0 saturated carbocycles. The number of imide groups is 1. The van der Waals surface area contributed by atoms with Gasteiger partial charge in [0.15, 0.2) is 0 Å². The van der Waals surface area contributed by atoms with Crippen LogP contribution in [0.1, 0.15) is 39.3 Å². The normalized spacial score (nSPS) is 24.8. The Kier molecular flexibility index (Phi) is 4.09. The summed E-state index contributed by atoms with van der Waals surface area (Å²) in [5, 5.41) is 10.6. The molecule has 0 aliphatic carbocycles. The predicted octanol–water partition coefficient (Wildman–Crippen LogP) is 2.66. The number of carbonyl (C=O) groups is 3. The highest BCUT2D eigenvalue weighted by Crippen LogP contribution is 2.44. The largest absolute Gasteiger partial charge is 0.335 e. The number of amides is 4. The third-order valence-electron chi connectivity index (χ3n) is 6.39. The van der Waals surface area contributed by atoms with Gasteiger partial charge in [0, 0.05) is 23.7 Å². The van der Waals surface area contributed by atoms with Crippen molar-refractivity contribution in [3.8, 4) is 6.07 Å². The van der Waals surface area contributed by atoms with Crippen LogP contribution in [0.2, 0.25) is 0 Å². The molecule has 8 heteroatoms. The van der Waals surface area contributed by atoms with Crippen LogP contribution in [0.4, 0.5) is 10.5 Å². The molecule has 8 nitrogen and oxygen atoms in total. The predicted molar refractivity (Wildman–Crippen MR) is 113 cm³/mol. The second-order valence-electron chi connectivity index (χ2n) is 9.70. The number of rotatable bonds is 2. The lowest BCUT2D eigenvalue weighted by molar-refractivity contribution is -0.137. The van der Waals surface area contributed by atoms with E-state index in [0.29, 0.717) is 35.8 Å². The van der Waals surface area contributed by atoms with Crippen LogP contribution in [-0.4, -0.2) is 57.3 Å². The van der Waals surface area contributed by atoms with Crippen LogP contribution in [0.25, 0.3) is 10.8 Å². The quantitative estimate of drug-likeness (QED) is 0.700. The number of likely N-dealkylation sites (tertiary alicyclic amines) is 1. The van der Waals surface area contributed by atoms with Gasteiger partial charge in [0.05, 0.1) is 24.0 Å². The summed E-state index contributed by atoms with van der Waals surface area (Å²) in [7, 11) is 0. The summed E-state index contributed by atoms with van der Waals surface area (Å²) < 4.78 is 0. The fourth-order valence-corrected chi connectivity index (χ4v) is 5.17. The van der Waals surface area contributed by atoms with Crippen molar-refractivity contribution in [2.45, 2.75) is 51.7 Å². The van der Waals surface area contributed by atoms with Gasteiger partial charge in [-0.3, -0.25) is 9.59 Å². The Labute approximate surface area is 180 Å². The summed E-state index contributed by atoms with van der Waals surface area (Å²) in [6, 6.07) is 7.71. The highest BCUT2D eigenvalue weighted by Gasteiger charge is 2.63. The standard InChI is InChI=1S/C23H23N5O3/c1-23(2,3)9-19(29)26-12-13-8-17(26)20-21(30)28(22(31)27(13)20)18-11-25-16(10-24)14-6-4-5-7-15(14)18/h4-7,11,13,17,20H,8-9,12H2,1-3H3/t13?,17?,20-/m1/s1. The Morgan fingerprint density at radius 2 is 1.94 bits per heavy atom. The third kappa shape index (κ3) is 2.80. The molecular formula is C23H23N5O3. The van der Waals surface area contributed by atoms with Crippen molar-refractivity contribution < 1.29 is 14.4 Å². The summed E-state index contributed by atoms with van der Waals surface area (Å²) in [5.41, 5.74) is 0.483. The van der Waals surface area contributed by atoms with Gasteiger partial charge in [-0.15, -0.1) is 0 Å². The first-order valence-electron chi connectivity index (χ1n) is 10.4. The number of anilines is 1. The van der Waals surface area contributed by atoms with Crippen molar-refractivity contribution in [1.82, 2.24) is 14.8 Å². The molecule has 0 spiro atoms. The molecule has 2 bridgehead atoms. The van der Waals surface area contributed by atoms with Crippen LogP contribution in [0.5, 0.6) is 0 Å². The minimum atomic E-state index is -0.662. The molecule has 158 valence electrons. The average Bonchev–Trinajstić information content (AvgIpc) is 3.38. The lowest BCUT2D eigenvalue weighted by atomic mass is 9.91. The number of nitrogens with zero attached hydrogens (tertiary/aromatic N) is 5. The molecule has 0 N–H and O–H groups in total. The molecule has 1 aromatic carbocycles. The second kappa shape index (κ2) is 6.51. The molecule has 31 heavy (non-hydrogen) atoms. The van der Waals surface area contributed by atoms with Crippen LogP contribution in [0.3, 0.4) is 0 Å². The molecule has 2 unspecified atom stereocenters. The first-order valence-corrected chi connectivity index (χ1v) is 10.4. The Morgan fingerprint density at radius 1 is 1.23 bits per heavy atom. The third-order valence-corrected chi connectivity index (χ3v) is 6.39. The van der Waals surface area contributed by atoms with Crippen molar-refractivity contribution in [3.63, 3.8) is 0 Å². The SMILES string of the molecule is CC(C)(C)CC(=O)N1CC2CC1[C@@H]1C(=O)N(c3cnc(C#N)c4ccccc34)C(=O)N21. The van der Waals surface area contributed by atoms with Crippen LogP contribution in [-0.2, 0) is 9.59 Å². The van der Waals surface area contributed by atoms with Crippen molar-refractivity contribution in [2.75, 3.05) is 11.4 Å². The number of hydrogen-bond acceptors (Lipinski definition) is 5. The van der Waals surface area contributed by atoms with Gasteiger partial charge < -0.3 is 9.80 Å². The van der Waals surface area contributed by atoms with Gasteiger partial charge >= 0.3 is 6.03 Å². The van der Waals surface area contributed by atoms with Gasteiger partial charge in [0.25, 0.3) is 5.91 Å². The number of urea groups is 1. The molecule has 2 aromatic rings. The zero-order valence-corrected chi connectivity index (χ0v) is 17.7. The van der Waals surface area contributed by atoms with Gasteiger partial charge in [-0.1, -0.05) is 45.0 Å². The van der Waals surface area contributed by atoms with E-state index in [1.165, 1.54) is 11.1 Å². The van der Waals surface area contributed by atoms with E-state index in [1.807, 2.05) is 20.8 Å². The number of carbonyl (C=O) groups excluding carboxylic acids is 3. The minimum absolute atomic E-state index is 0.0313. The molecule has 4 amide bonds. The highest BCUT2D eigenvalue weighted by molar-refractivity contribution is 6.25. The van der Waals surface area contributed by atoms with E-state index in [9.17, 15) is 19.6 Å². The van der Waals surface area contributed by atoms with E-state index >= 15 is 0 Å². The molecule has 3 atom stereocenters. The number of benzene rings is 1. The maximum absolute atomic E-state index is 13.5. The maximum Gasteiger partial charge on any atom is 0.332 e. The number of pyridine rings is 1. The molecular weight excluding hydrogens is 394 g/mol. The first-order chi connectivity index (χ1) is 14.7. The lowest BCUT2D eigenvalue weighted by Gasteiger charge is -2.36. The Morgan fingerprint density at radius 3 is 2.61 bits per heavy atom. The van der Waals surface area contributed by atoms with E-state index in [1.54, 1.807) is 34.1 Å². The summed E-state index contributed by atoms with van der Waals surface area (Å²) in [5.74, 6) is -0.300. The molecule has 0 radical (unpaired) electrons. The summed E-state index contributed by atoms with van der Waals surface area (Å²) in [6.07, 6.45) is 2.46. The zero-order valence-electron chi connectivity index (χ0n) is 17.7. The minimum Gasteiger partial charge on any atom is -0.335 e. The zero-order chi connectivity index (χ0) is 22.1. The van der Waals surface area contributed by atoms with Gasteiger partial charge in [-0.2, -0.15) is 5.26 Å². The number of nitriles is 1. The summed E-state index contributed by atoms with van der Waals surface area (Å²) in [4.78, 5) is 48.5. The highest BCUT2D eigenvalue weighted by atomic mass is 16.2. The first kappa shape index (κ1) is 19.5. The van der Waals surface area contributed by atoms with Crippen LogP contribution in [0.15, 0.2) is 30.5 Å². The molecule has 3 aliphatic heterocycles. The molecule has 5 rings (SSSR count). The van der Waals surface area contributed by atoms with Crippen molar-refractivity contribution in [2.24, 2.45) is 5.41 Å². The monoisotopic (exact) mass is 417 g/mol. The Hall–Kier alpha value is -3.47. The molecule has 4 heterocycles. The molecule has 3 aliphatic rings. The van der Waals surface area contributed by atoms with Crippen molar-refractivity contribution in [3.05, 3.63) is 36.2 Å². The molecule has 3 saturated heterocycles. The number of hydrogen-bond donors (Lipinski definition) is 0. The van der Waals surface area contributed by atoms with Crippen LogP contribution >= 0.6 is 0 Å². The Bertz CT molecular complexity index is 1180. The average molecular weight is 417 g/mol. The van der Waals surface area contributed by atoms with Gasteiger partial charge in [-0.05, 0) is 11.8 Å². The number of fused-ring (bicyclic) bond motifs is 6. The second-order valence-corrected chi connectivity index (χ2v) is 9.70. The fourth-order valence-electron chi connectivity index (χ4n) is 5.17. The maximum atomic E-state index is 13.5. The molecule has 3 fully saturated rings. The van der Waals surface area contributed by atoms with E-state index in [4.69, 9.17) is 0 Å². The topological polar surface area (TPSA) is 97.6 Å². The van der Waals surface area contributed by atoms with E-state index in [2.05, 4.69) is 11.1 Å². The van der Waals surface area contributed by atoms with Crippen LogP contribution in [0, 0.1) is 16.7 Å².